The Bertz CT molecular complexity index is 433. The van der Waals surface area contributed by atoms with Crippen LogP contribution in [0.3, 0.4) is 0 Å². The van der Waals surface area contributed by atoms with E-state index in [2.05, 4.69) is 15.6 Å². The van der Waals surface area contributed by atoms with Crippen molar-refractivity contribution in [3.8, 4) is 0 Å². The summed E-state index contributed by atoms with van der Waals surface area (Å²) in [6, 6.07) is 4.26. The fourth-order valence-corrected chi connectivity index (χ4v) is 1.75. The second kappa shape index (κ2) is 5.47. The summed E-state index contributed by atoms with van der Waals surface area (Å²) in [7, 11) is 0. The molecule has 1 fully saturated rings. The molecular formula is C14H21N3O2. The zero-order chi connectivity index (χ0) is 13.9. The van der Waals surface area contributed by atoms with E-state index in [1.54, 1.807) is 12.3 Å². The highest BCUT2D eigenvalue weighted by Gasteiger charge is 2.18. The van der Waals surface area contributed by atoms with E-state index in [-0.39, 0.29) is 0 Å². The SMILES string of the molecule is CC(C)(C)OC(=O)Nc1ccc(NC2CCC2)cn1. The number of carbonyl (C=O) groups excluding carboxylic acids is 1. The molecule has 5 nitrogen and oxygen atoms in total. The second-order valence-electron chi connectivity index (χ2n) is 5.83. The van der Waals surface area contributed by atoms with E-state index in [1.807, 2.05) is 26.8 Å². The van der Waals surface area contributed by atoms with Crippen molar-refractivity contribution in [1.82, 2.24) is 4.98 Å². The molecule has 0 saturated heterocycles. The monoisotopic (exact) mass is 263 g/mol. The molecule has 19 heavy (non-hydrogen) atoms. The van der Waals surface area contributed by atoms with Crippen LogP contribution in [0.4, 0.5) is 16.3 Å². The van der Waals surface area contributed by atoms with Crippen molar-refractivity contribution >= 4 is 17.6 Å². The number of carbonyl (C=O) groups is 1. The van der Waals surface area contributed by atoms with E-state index in [0.717, 1.165) is 5.69 Å². The van der Waals surface area contributed by atoms with Crippen LogP contribution in [0.15, 0.2) is 18.3 Å². The molecule has 5 heteroatoms. The van der Waals surface area contributed by atoms with Crippen molar-refractivity contribution in [1.29, 1.82) is 0 Å². The van der Waals surface area contributed by atoms with E-state index in [1.165, 1.54) is 19.3 Å². The number of nitrogens with one attached hydrogen (secondary N) is 2. The average molecular weight is 263 g/mol. The third-order valence-electron chi connectivity index (χ3n) is 2.87. The maximum absolute atomic E-state index is 11.6. The van der Waals surface area contributed by atoms with Gasteiger partial charge in [-0.2, -0.15) is 0 Å². The lowest BCUT2D eigenvalue weighted by atomic mass is 9.93. The van der Waals surface area contributed by atoms with Gasteiger partial charge in [-0.3, -0.25) is 5.32 Å². The normalized spacial score (nSPS) is 15.5. The lowest BCUT2D eigenvalue weighted by Gasteiger charge is -2.27. The molecule has 0 unspecified atom stereocenters. The Morgan fingerprint density at radius 1 is 1.37 bits per heavy atom. The molecule has 0 spiro atoms. The van der Waals surface area contributed by atoms with E-state index in [4.69, 9.17) is 4.74 Å². The summed E-state index contributed by atoms with van der Waals surface area (Å²) in [5.41, 5.74) is 0.481. The molecule has 2 N–H and O–H groups in total. The van der Waals surface area contributed by atoms with Gasteiger partial charge in [0.2, 0.25) is 0 Å². The van der Waals surface area contributed by atoms with Gasteiger partial charge in [-0.25, -0.2) is 9.78 Å². The first-order valence-electron chi connectivity index (χ1n) is 6.65. The zero-order valence-electron chi connectivity index (χ0n) is 11.7. The second-order valence-corrected chi connectivity index (χ2v) is 5.83. The maximum atomic E-state index is 11.6. The van der Waals surface area contributed by atoms with Crippen LogP contribution >= 0.6 is 0 Å². The minimum atomic E-state index is -0.504. The van der Waals surface area contributed by atoms with E-state index in [9.17, 15) is 4.79 Å². The number of anilines is 2. The highest BCUT2D eigenvalue weighted by molar-refractivity contribution is 5.83. The predicted molar refractivity (Wildman–Crippen MR) is 75.4 cm³/mol. The predicted octanol–water partition coefficient (Wildman–Crippen LogP) is 3.39. The Kier molecular flexibility index (Phi) is 3.93. The summed E-state index contributed by atoms with van der Waals surface area (Å²) in [6.07, 6.45) is 4.98. The summed E-state index contributed by atoms with van der Waals surface area (Å²) in [4.78, 5) is 15.7. The van der Waals surface area contributed by atoms with Gasteiger partial charge in [0.1, 0.15) is 11.4 Å². The van der Waals surface area contributed by atoms with Crippen molar-refractivity contribution in [2.75, 3.05) is 10.6 Å². The van der Waals surface area contributed by atoms with Gasteiger partial charge >= 0.3 is 6.09 Å². The number of hydrogen-bond acceptors (Lipinski definition) is 4. The van der Waals surface area contributed by atoms with Gasteiger partial charge in [0.15, 0.2) is 0 Å². The number of hydrogen-bond donors (Lipinski definition) is 2. The number of rotatable bonds is 3. The number of aromatic nitrogens is 1. The molecule has 104 valence electrons. The quantitative estimate of drug-likeness (QED) is 0.877. The lowest BCUT2D eigenvalue weighted by molar-refractivity contribution is 0.0635. The van der Waals surface area contributed by atoms with Crippen LogP contribution in [0.5, 0.6) is 0 Å². The molecule has 1 aromatic rings. The molecule has 2 rings (SSSR count). The first kappa shape index (κ1) is 13.6. The minimum absolute atomic E-state index is 0.486. The van der Waals surface area contributed by atoms with Crippen LogP contribution in [0, 0.1) is 0 Å². The molecule has 0 aliphatic heterocycles. The maximum Gasteiger partial charge on any atom is 0.413 e. The largest absolute Gasteiger partial charge is 0.444 e. The third kappa shape index (κ3) is 4.43. The molecule has 1 aliphatic rings. The molecule has 0 aromatic carbocycles. The van der Waals surface area contributed by atoms with E-state index in [0.29, 0.717) is 11.9 Å². The standard InChI is InChI=1S/C14H21N3O2/c1-14(2,3)19-13(18)17-12-8-7-11(9-15-12)16-10-5-4-6-10/h7-10,16H,4-6H2,1-3H3,(H,15,17,18). The zero-order valence-corrected chi connectivity index (χ0v) is 11.7. The Hall–Kier alpha value is -1.78. The van der Waals surface area contributed by atoms with Crippen molar-refractivity contribution in [2.45, 2.75) is 51.7 Å². The van der Waals surface area contributed by atoms with Crippen molar-refractivity contribution < 1.29 is 9.53 Å². The number of amides is 1. The van der Waals surface area contributed by atoms with Gasteiger partial charge < -0.3 is 10.1 Å². The Balaban J connectivity index is 1.85. The Labute approximate surface area is 113 Å². The molecule has 1 aromatic heterocycles. The highest BCUT2D eigenvalue weighted by atomic mass is 16.6. The summed E-state index contributed by atoms with van der Waals surface area (Å²) >= 11 is 0. The third-order valence-corrected chi connectivity index (χ3v) is 2.87. The molecule has 1 aliphatic carbocycles. The molecule has 1 saturated carbocycles. The molecule has 1 amide bonds. The van der Waals surface area contributed by atoms with Crippen LogP contribution in [0.1, 0.15) is 40.0 Å². The molecule has 0 radical (unpaired) electrons. The van der Waals surface area contributed by atoms with Crippen molar-refractivity contribution in [3.63, 3.8) is 0 Å². The number of nitrogens with zero attached hydrogens (tertiary/aromatic N) is 1. The van der Waals surface area contributed by atoms with Gasteiger partial charge in [0.25, 0.3) is 0 Å². The Morgan fingerprint density at radius 3 is 2.58 bits per heavy atom. The summed E-state index contributed by atoms with van der Waals surface area (Å²) in [5.74, 6) is 0.494. The fourth-order valence-electron chi connectivity index (χ4n) is 1.75. The summed E-state index contributed by atoms with van der Waals surface area (Å²) in [6.45, 7) is 5.48. The van der Waals surface area contributed by atoms with Gasteiger partial charge in [-0.05, 0) is 52.2 Å². The smallest absolute Gasteiger partial charge is 0.413 e. The van der Waals surface area contributed by atoms with Crippen LogP contribution in [0.25, 0.3) is 0 Å². The molecule has 1 heterocycles. The van der Waals surface area contributed by atoms with Crippen LogP contribution in [-0.2, 0) is 4.74 Å². The topological polar surface area (TPSA) is 63.2 Å². The first-order chi connectivity index (χ1) is 8.92. The number of ether oxygens (including phenoxy) is 1. The van der Waals surface area contributed by atoms with E-state index >= 15 is 0 Å². The van der Waals surface area contributed by atoms with Gasteiger partial charge in [0, 0.05) is 6.04 Å². The van der Waals surface area contributed by atoms with Gasteiger partial charge in [-0.15, -0.1) is 0 Å². The van der Waals surface area contributed by atoms with Gasteiger partial charge in [-0.1, -0.05) is 0 Å². The lowest BCUT2D eigenvalue weighted by Crippen LogP contribution is -2.28. The number of pyridine rings is 1. The van der Waals surface area contributed by atoms with Crippen LogP contribution in [0.2, 0.25) is 0 Å². The first-order valence-corrected chi connectivity index (χ1v) is 6.65. The van der Waals surface area contributed by atoms with E-state index < -0.39 is 11.7 Å². The molecule has 0 atom stereocenters. The van der Waals surface area contributed by atoms with Crippen LogP contribution < -0.4 is 10.6 Å². The minimum Gasteiger partial charge on any atom is -0.444 e. The van der Waals surface area contributed by atoms with Gasteiger partial charge in [0.05, 0.1) is 11.9 Å². The summed E-state index contributed by atoms with van der Waals surface area (Å²) < 4.78 is 5.16. The van der Waals surface area contributed by atoms with Crippen molar-refractivity contribution in [2.24, 2.45) is 0 Å². The summed E-state index contributed by atoms with van der Waals surface area (Å²) in [5, 5.41) is 6.00. The van der Waals surface area contributed by atoms with Crippen molar-refractivity contribution in [3.05, 3.63) is 18.3 Å². The molecule has 0 bridgehead atoms. The average Bonchev–Trinajstić information content (AvgIpc) is 2.23. The molecular weight excluding hydrogens is 242 g/mol. The van der Waals surface area contributed by atoms with Crippen LogP contribution in [-0.4, -0.2) is 22.7 Å². The highest BCUT2D eigenvalue weighted by Crippen LogP contribution is 2.23. The Morgan fingerprint density at radius 2 is 2.11 bits per heavy atom. The fraction of sp³-hybridized carbons (Fsp3) is 0.571.